The van der Waals surface area contributed by atoms with E-state index in [1.165, 1.54) is 0 Å². The summed E-state index contributed by atoms with van der Waals surface area (Å²) in [6.45, 7) is 0. The Morgan fingerprint density at radius 2 is 2.00 bits per heavy atom. The second-order valence-corrected chi connectivity index (χ2v) is 3.92. The van der Waals surface area contributed by atoms with E-state index in [4.69, 9.17) is 33.7 Å². The van der Waals surface area contributed by atoms with Crippen LogP contribution in [0.1, 0.15) is 0 Å². The van der Waals surface area contributed by atoms with Crippen LogP contribution in [0.15, 0.2) is 36.5 Å². The van der Waals surface area contributed by atoms with Crippen LogP contribution in [-0.4, -0.2) is 4.98 Å². The Kier molecular flexibility index (Phi) is 3.17. The highest BCUT2D eigenvalue weighted by molar-refractivity contribution is 6.32. The second-order valence-electron chi connectivity index (χ2n) is 3.07. The average molecular weight is 255 g/mol. The predicted octanol–water partition coefficient (Wildman–Crippen LogP) is 3.76. The fraction of sp³-hybridized carbons (Fsp3) is 0. The van der Waals surface area contributed by atoms with Gasteiger partial charge in [-0.2, -0.15) is 0 Å². The van der Waals surface area contributed by atoms with E-state index in [0.29, 0.717) is 27.4 Å². The van der Waals surface area contributed by atoms with Crippen LogP contribution < -0.4 is 10.5 Å². The van der Waals surface area contributed by atoms with Crippen LogP contribution in [0.5, 0.6) is 11.6 Å². The van der Waals surface area contributed by atoms with Crippen LogP contribution in [0.2, 0.25) is 10.0 Å². The molecule has 0 atom stereocenters. The van der Waals surface area contributed by atoms with E-state index >= 15 is 0 Å². The highest BCUT2D eigenvalue weighted by Gasteiger charge is 2.06. The molecular formula is C11H8Cl2N2O. The monoisotopic (exact) mass is 254 g/mol. The number of benzene rings is 1. The Labute approximate surface area is 103 Å². The first-order valence-corrected chi connectivity index (χ1v) is 5.26. The van der Waals surface area contributed by atoms with E-state index in [1.54, 1.807) is 36.5 Å². The first kappa shape index (κ1) is 11.0. The fourth-order valence-corrected chi connectivity index (χ4v) is 1.50. The van der Waals surface area contributed by atoms with Crippen molar-refractivity contribution in [3.8, 4) is 11.6 Å². The van der Waals surface area contributed by atoms with Crippen LogP contribution in [0, 0.1) is 0 Å². The topological polar surface area (TPSA) is 48.1 Å². The van der Waals surface area contributed by atoms with Crippen molar-refractivity contribution in [3.63, 3.8) is 0 Å². The number of ether oxygens (including phenoxy) is 1. The van der Waals surface area contributed by atoms with Crippen LogP contribution in [0.4, 0.5) is 5.69 Å². The summed E-state index contributed by atoms with van der Waals surface area (Å²) >= 11 is 11.7. The van der Waals surface area contributed by atoms with E-state index in [0.717, 1.165) is 0 Å². The smallest absolute Gasteiger partial charge is 0.238 e. The molecule has 2 N–H and O–H groups in total. The molecular weight excluding hydrogens is 247 g/mol. The molecule has 0 saturated heterocycles. The molecule has 0 aliphatic heterocycles. The molecule has 3 nitrogen and oxygen atoms in total. The number of aromatic nitrogens is 1. The zero-order valence-electron chi connectivity index (χ0n) is 8.15. The molecule has 2 aromatic rings. The Morgan fingerprint density at radius 3 is 2.69 bits per heavy atom. The zero-order valence-corrected chi connectivity index (χ0v) is 9.66. The number of hydrogen-bond donors (Lipinski definition) is 1. The van der Waals surface area contributed by atoms with Crippen LogP contribution in [-0.2, 0) is 0 Å². The average Bonchev–Trinajstić information content (AvgIpc) is 2.25. The van der Waals surface area contributed by atoms with Gasteiger partial charge in [-0.05, 0) is 30.3 Å². The number of anilines is 1. The molecule has 0 fully saturated rings. The van der Waals surface area contributed by atoms with Crippen molar-refractivity contribution < 1.29 is 4.74 Å². The normalized spacial score (nSPS) is 10.1. The lowest BCUT2D eigenvalue weighted by Gasteiger charge is -2.08. The van der Waals surface area contributed by atoms with E-state index in [-0.39, 0.29) is 0 Å². The number of rotatable bonds is 2. The molecule has 16 heavy (non-hydrogen) atoms. The number of hydrogen-bond acceptors (Lipinski definition) is 3. The third kappa shape index (κ3) is 2.38. The standard InChI is InChI=1S/C11H8Cl2N2O/c12-7-3-4-10(9(14)6-7)16-11-8(13)2-1-5-15-11/h1-6H,14H2. The molecule has 0 aliphatic carbocycles. The number of halogens is 2. The van der Waals surface area contributed by atoms with Gasteiger partial charge in [0.25, 0.3) is 0 Å². The van der Waals surface area contributed by atoms with Crippen molar-refractivity contribution >= 4 is 28.9 Å². The maximum absolute atomic E-state index is 5.90. The van der Waals surface area contributed by atoms with Gasteiger partial charge < -0.3 is 10.5 Å². The number of nitrogen functional groups attached to an aromatic ring is 1. The number of pyridine rings is 1. The minimum atomic E-state index is 0.318. The highest BCUT2D eigenvalue weighted by Crippen LogP contribution is 2.31. The molecule has 82 valence electrons. The Hall–Kier alpha value is -1.45. The predicted molar refractivity (Wildman–Crippen MR) is 65.2 cm³/mol. The minimum Gasteiger partial charge on any atom is -0.435 e. The minimum absolute atomic E-state index is 0.318. The van der Waals surface area contributed by atoms with Gasteiger partial charge in [-0.25, -0.2) is 4.98 Å². The first-order valence-electron chi connectivity index (χ1n) is 4.50. The van der Waals surface area contributed by atoms with Gasteiger partial charge in [0.05, 0.1) is 5.69 Å². The SMILES string of the molecule is Nc1cc(Cl)ccc1Oc1ncccc1Cl. The van der Waals surface area contributed by atoms with Gasteiger partial charge in [0.2, 0.25) is 5.88 Å². The second kappa shape index (κ2) is 4.60. The van der Waals surface area contributed by atoms with Gasteiger partial charge in [0.15, 0.2) is 5.75 Å². The van der Waals surface area contributed by atoms with Crippen LogP contribution in [0.3, 0.4) is 0 Å². The zero-order chi connectivity index (χ0) is 11.5. The molecule has 0 spiro atoms. The molecule has 0 amide bonds. The molecule has 1 aromatic carbocycles. The molecule has 0 radical (unpaired) electrons. The van der Waals surface area contributed by atoms with Gasteiger partial charge in [-0.1, -0.05) is 23.2 Å². The van der Waals surface area contributed by atoms with E-state index in [9.17, 15) is 0 Å². The number of nitrogens with zero attached hydrogens (tertiary/aromatic N) is 1. The van der Waals surface area contributed by atoms with Gasteiger partial charge in [0, 0.05) is 11.2 Å². The summed E-state index contributed by atoms with van der Waals surface area (Å²) in [6, 6.07) is 8.37. The molecule has 5 heteroatoms. The molecule has 0 aliphatic rings. The Balaban J connectivity index is 2.31. The molecule has 0 unspecified atom stereocenters. The van der Waals surface area contributed by atoms with Crippen LogP contribution in [0.25, 0.3) is 0 Å². The molecule has 1 heterocycles. The summed E-state index contributed by atoms with van der Waals surface area (Å²) < 4.78 is 5.47. The van der Waals surface area contributed by atoms with Crippen molar-refractivity contribution in [3.05, 3.63) is 46.6 Å². The molecule has 0 bridgehead atoms. The Bertz CT molecular complexity index is 517. The lowest BCUT2D eigenvalue weighted by Crippen LogP contribution is -1.93. The maximum Gasteiger partial charge on any atom is 0.238 e. The van der Waals surface area contributed by atoms with Crippen molar-refractivity contribution in [2.45, 2.75) is 0 Å². The summed E-state index contributed by atoms with van der Waals surface area (Å²) in [7, 11) is 0. The van der Waals surface area contributed by atoms with Gasteiger partial charge in [-0.3, -0.25) is 0 Å². The fourth-order valence-electron chi connectivity index (χ4n) is 1.16. The lowest BCUT2D eigenvalue weighted by molar-refractivity contribution is 0.465. The summed E-state index contributed by atoms with van der Waals surface area (Å²) in [6.07, 6.45) is 1.59. The van der Waals surface area contributed by atoms with E-state index in [1.807, 2.05) is 0 Å². The quantitative estimate of drug-likeness (QED) is 0.831. The lowest BCUT2D eigenvalue weighted by atomic mass is 10.3. The summed E-state index contributed by atoms with van der Waals surface area (Å²) in [5, 5.41) is 0.980. The van der Waals surface area contributed by atoms with Crippen molar-refractivity contribution in [1.29, 1.82) is 0 Å². The largest absolute Gasteiger partial charge is 0.435 e. The summed E-state index contributed by atoms with van der Waals surface area (Å²) in [4.78, 5) is 3.99. The Morgan fingerprint density at radius 1 is 1.19 bits per heavy atom. The molecule has 2 rings (SSSR count). The third-order valence-electron chi connectivity index (χ3n) is 1.90. The number of nitrogens with two attached hydrogens (primary N) is 1. The van der Waals surface area contributed by atoms with E-state index < -0.39 is 0 Å². The third-order valence-corrected chi connectivity index (χ3v) is 2.43. The van der Waals surface area contributed by atoms with Crippen LogP contribution >= 0.6 is 23.2 Å². The van der Waals surface area contributed by atoms with Gasteiger partial charge >= 0.3 is 0 Å². The first-order chi connectivity index (χ1) is 7.66. The van der Waals surface area contributed by atoms with E-state index in [2.05, 4.69) is 4.98 Å². The van der Waals surface area contributed by atoms with Crippen molar-refractivity contribution in [2.24, 2.45) is 0 Å². The highest BCUT2D eigenvalue weighted by atomic mass is 35.5. The molecule has 1 aromatic heterocycles. The summed E-state index contributed by atoms with van der Waals surface area (Å²) in [5.41, 5.74) is 6.18. The molecule has 0 saturated carbocycles. The van der Waals surface area contributed by atoms with Gasteiger partial charge in [0.1, 0.15) is 5.02 Å². The van der Waals surface area contributed by atoms with Crippen molar-refractivity contribution in [1.82, 2.24) is 4.98 Å². The van der Waals surface area contributed by atoms with Gasteiger partial charge in [-0.15, -0.1) is 0 Å². The van der Waals surface area contributed by atoms with Crippen molar-refractivity contribution in [2.75, 3.05) is 5.73 Å². The maximum atomic E-state index is 5.90. The summed E-state index contributed by atoms with van der Waals surface area (Å²) in [5.74, 6) is 0.795.